The zero-order valence-electron chi connectivity index (χ0n) is 9.68. The molecule has 2 unspecified atom stereocenters. The summed E-state index contributed by atoms with van der Waals surface area (Å²) in [5, 5.41) is 2.09. The highest BCUT2D eigenvalue weighted by Gasteiger charge is 2.37. The summed E-state index contributed by atoms with van der Waals surface area (Å²) in [5.41, 5.74) is 0. The van der Waals surface area contributed by atoms with E-state index in [-0.39, 0.29) is 12.0 Å². The molecule has 0 aliphatic carbocycles. The van der Waals surface area contributed by atoms with Gasteiger partial charge in [0, 0.05) is 17.5 Å². The molecule has 0 N–H and O–H groups in total. The van der Waals surface area contributed by atoms with Crippen molar-refractivity contribution in [3.05, 3.63) is 22.4 Å². The third-order valence-electron chi connectivity index (χ3n) is 3.18. The number of hydrogen-bond donors (Lipinski definition) is 0. The largest absolute Gasteiger partial charge is 0.468 e. The van der Waals surface area contributed by atoms with Crippen molar-refractivity contribution >= 4 is 17.3 Å². The summed E-state index contributed by atoms with van der Waals surface area (Å²) in [6.45, 7) is 3.18. The second-order valence-corrected chi connectivity index (χ2v) is 5.23. The molecule has 1 aliphatic heterocycles. The highest BCUT2D eigenvalue weighted by molar-refractivity contribution is 7.09. The predicted octanol–water partition coefficient (Wildman–Crippen LogP) is 1.93. The van der Waals surface area contributed by atoms with Gasteiger partial charge in [0.25, 0.3) is 0 Å². The summed E-state index contributed by atoms with van der Waals surface area (Å²) in [6, 6.07) is 4.62. The second kappa shape index (κ2) is 4.97. The van der Waals surface area contributed by atoms with Crippen LogP contribution in [0.15, 0.2) is 17.5 Å². The number of ether oxygens (including phenoxy) is 1. The molecule has 0 bridgehead atoms. The van der Waals surface area contributed by atoms with Crippen molar-refractivity contribution in [3.8, 4) is 0 Å². The number of rotatable bonds is 4. The summed E-state index contributed by atoms with van der Waals surface area (Å²) in [6.07, 6.45) is 1.95. The molecule has 0 saturated carbocycles. The fraction of sp³-hybridized carbons (Fsp3) is 0.583. The molecular formula is C12H17NO2S. The van der Waals surface area contributed by atoms with Gasteiger partial charge in [-0.05, 0) is 31.2 Å². The number of methoxy groups -OCH3 is 1. The molecule has 2 atom stereocenters. The Balaban J connectivity index is 1.90. The molecule has 0 aromatic carbocycles. The van der Waals surface area contributed by atoms with Crippen LogP contribution in [0.3, 0.4) is 0 Å². The molecular weight excluding hydrogens is 222 g/mol. The van der Waals surface area contributed by atoms with E-state index in [1.54, 1.807) is 11.3 Å². The lowest BCUT2D eigenvalue weighted by Crippen LogP contribution is -2.56. The van der Waals surface area contributed by atoms with E-state index in [1.165, 1.54) is 12.0 Å². The van der Waals surface area contributed by atoms with Gasteiger partial charge in [-0.3, -0.25) is 9.69 Å². The number of carbonyl (C=O) groups is 1. The molecule has 16 heavy (non-hydrogen) atoms. The van der Waals surface area contributed by atoms with E-state index in [0.717, 1.165) is 19.4 Å². The van der Waals surface area contributed by atoms with Crippen LogP contribution in [0.1, 0.15) is 18.2 Å². The van der Waals surface area contributed by atoms with E-state index in [9.17, 15) is 4.79 Å². The minimum absolute atomic E-state index is 0.0139. The van der Waals surface area contributed by atoms with Gasteiger partial charge in [-0.1, -0.05) is 6.07 Å². The average Bonchev–Trinajstić information content (AvgIpc) is 2.68. The molecule has 1 aliphatic rings. The van der Waals surface area contributed by atoms with E-state index in [2.05, 4.69) is 29.3 Å². The Morgan fingerprint density at radius 3 is 3.06 bits per heavy atom. The van der Waals surface area contributed by atoms with Crippen molar-refractivity contribution < 1.29 is 9.53 Å². The van der Waals surface area contributed by atoms with Gasteiger partial charge in [0.05, 0.1) is 7.11 Å². The van der Waals surface area contributed by atoms with Crippen molar-refractivity contribution in [1.29, 1.82) is 0 Å². The van der Waals surface area contributed by atoms with Gasteiger partial charge in [0.1, 0.15) is 6.04 Å². The molecule has 0 spiro atoms. The summed E-state index contributed by atoms with van der Waals surface area (Å²) >= 11 is 1.78. The number of thiophene rings is 1. The van der Waals surface area contributed by atoms with Crippen LogP contribution in [0.4, 0.5) is 0 Å². The summed E-state index contributed by atoms with van der Waals surface area (Å²) in [7, 11) is 1.46. The minimum Gasteiger partial charge on any atom is -0.468 e. The van der Waals surface area contributed by atoms with E-state index >= 15 is 0 Å². The number of likely N-dealkylation sites (tertiary alicyclic amines) is 1. The van der Waals surface area contributed by atoms with E-state index in [0.29, 0.717) is 6.04 Å². The molecule has 1 saturated heterocycles. The normalized spacial score (nSPS) is 22.5. The number of esters is 1. The van der Waals surface area contributed by atoms with Gasteiger partial charge in [-0.25, -0.2) is 0 Å². The maximum absolute atomic E-state index is 11.5. The molecule has 0 amide bonds. The first-order valence-electron chi connectivity index (χ1n) is 5.58. The molecule has 2 heterocycles. The number of hydrogen-bond acceptors (Lipinski definition) is 4. The second-order valence-electron chi connectivity index (χ2n) is 4.20. The molecule has 88 valence electrons. The first-order valence-corrected chi connectivity index (χ1v) is 6.46. The SMILES string of the molecule is COC(=O)C1CCN1C(C)Cc1cccs1. The molecule has 3 nitrogen and oxygen atoms in total. The van der Waals surface area contributed by atoms with Gasteiger partial charge in [0.15, 0.2) is 0 Å². The molecule has 4 heteroatoms. The highest BCUT2D eigenvalue weighted by atomic mass is 32.1. The Morgan fingerprint density at radius 1 is 1.75 bits per heavy atom. The fourth-order valence-corrected chi connectivity index (χ4v) is 2.99. The molecule has 1 fully saturated rings. The van der Waals surface area contributed by atoms with Crippen molar-refractivity contribution in [1.82, 2.24) is 4.90 Å². The first kappa shape index (κ1) is 11.6. The number of nitrogens with zero attached hydrogens (tertiary/aromatic N) is 1. The van der Waals surface area contributed by atoms with Crippen LogP contribution < -0.4 is 0 Å². The third-order valence-corrected chi connectivity index (χ3v) is 4.08. The maximum Gasteiger partial charge on any atom is 0.323 e. The van der Waals surface area contributed by atoms with Crippen LogP contribution in [0, 0.1) is 0 Å². The Kier molecular flexibility index (Phi) is 3.61. The standard InChI is InChI=1S/C12H17NO2S/c1-9(8-10-4-3-7-16-10)13-6-5-11(13)12(14)15-2/h3-4,7,9,11H,5-6,8H2,1-2H3. The van der Waals surface area contributed by atoms with Crippen molar-refractivity contribution in [3.63, 3.8) is 0 Å². The third kappa shape index (κ3) is 2.28. The van der Waals surface area contributed by atoms with Crippen LogP contribution in [0.2, 0.25) is 0 Å². The zero-order valence-corrected chi connectivity index (χ0v) is 10.5. The molecule has 1 aromatic heterocycles. The minimum atomic E-state index is -0.0933. The van der Waals surface area contributed by atoms with Crippen molar-refractivity contribution in [2.75, 3.05) is 13.7 Å². The molecule has 2 rings (SSSR count). The Labute approximate surface area is 100 Å². The molecule has 0 radical (unpaired) electrons. The van der Waals surface area contributed by atoms with Gasteiger partial charge < -0.3 is 4.74 Å². The quantitative estimate of drug-likeness (QED) is 0.752. The predicted molar refractivity (Wildman–Crippen MR) is 64.6 cm³/mol. The van der Waals surface area contributed by atoms with Crippen LogP contribution in [-0.2, 0) is 16.0 Å². The Morgan fingerprint density at radius 2 is 2.56 bits per heavy atom. The Hall–Kier alpha value is -0.870. The van der Waals surface area contributed by atoms with Crippen molar-refractivity contribution in [2.24, 2.45) is 0 Å². The van der Waals surface area contributed by atoms with Gasteiger partial charge >= 0.3 is 5.97 Å². The lowest BCUT2D eigenvalue weighted by atomic mass is 9.98. The average molecular weight is 239 g/mol. The van der Waals surface area contributed by atoms with E-state index in [4.69, 9.17) is 4.74 Å². The van der Waals surface area contributed by atoms with Gasteiger partial charge in [-0.15, -0.1) is 11.3 Å². The van der Waals surface area contributed by atoms with Crippen molar-refractivity contribution in [2.45, 2.75) is 31.8 Å². The monoisotopic (exact) mass is 239 g/mol. The summed E-state index contributed by atoms with van der Waals surface area (Å²) < 4.78 is 4.79. The van der Waals surface area contributed by atoms with E-state index < -0.39 is 0 Å². The topological polar surface area (TPSA) is 29.5 Å². The van der Waals surface area contributed by atoms with Crippen LogP contribution in [0.5, 0.6) is 0 Å². The van der Waals surface area contributed by atoms with Crippen LogP contribution in [0.25, 0.3) is 0 Å². The van der Waals surface area contributed by atoms with E-state index in [1.807, 2.05) is 0 Å². The summed E-state index contributed by atoms with van der Waals surface area (Å²) in [5.74, 6) is -0.0933. The lowest BCUT2D eigenvalue weighted by molar-refractivity contribution is -0.153. The summed E-state index contributed by atoms with van der Waals surface area (Å²) in [4.78, 5) is 15.1. The number of carbonyl (C=O) groups excluding carboxylic acids is 1. The smallest absolute Gasteiger partial charge is 0.323 e. The fourth-order valence-electron chi connectivity index (χ4n) is 2.16. The maximum atomic E-state index is 11.5. The zero-order chi connectivity index (χ0) is 11.5. The highest BCUT2D eigenvalue weighted by Crippen LogP contribution is 2.24. The van der Waals surface area contributed by atoms with Gasteiger partial charge in [0.2, 0.25) is 0 Å². The Bertz CT molecular complexity index is 350. The molecule has 1 aromatic rings. The first-order chi connectivity index (χ1) is 7.72. The van der Waals surface area contributed by atoms with Crippen LogP contribution in [-0.4, -0.2) is 36.6 Å². The van der Waals surface area contributed by atoms with Gasteiger partial charge in [-0.2, -0.15) is 0 Å². The lowest BCUT2D eigenvalue weighted by Gasteiger charge is -2.42. The van der Waals surface area contributed by atoms with Crippen LogP contribution >= 0.6 is 11.3 Å².